The van der Waals surface area contributed by atoms with Crippen LogP contribution >= 0.6 is 11.6 Å². The molecule has 2 atom stereocenters. The number of para-hydroxylation sites is 1. The van der Waals surface area contributed by atoms with Gasteiger partial charge in [-0.3, -0.25) is 14.3 Å². The van der Waals surface area contributed by atoms with E-state index in [-0.39, 0.29) is 22.6 Å². The lowest BCUT2D eigenvalue weighted by Crippen LogP contribution is -2.32. The quantitative estimate of drug-likeness (QED) is 0.312. The van der Waals surface area contributed by atoms with Gasteiger partial charge in [0, 0.05) is 18.0 Å². The molecule has 1 aromatic carbocycles. The Kier molecular flexibility index (Phi) is 7.38. The highest BCUT2D eigenvalue weighted by Gasteiger charge is 2.33. The average molecular weight is 531 g/mol. The van der Waals surface area contributed by atoms with Crippen molar-refractivity contribution in [1.82, 2.24) is 24.7 Å². The summed E-state index contributed by atoms with van der Waals surface area (Å²) in [4.78, 5) is 8.14. The number of sulfonamides is 1. The highest BCUT2D eigenvalue weighted by molar-refractivity contribution is 7.93. The molecule has 11 nitrogen and oxygen atoms in total. The average Bonchev–Trinajstić information content (AvgIpc) is 3.29. The zero-order chi connectivity index (χ0) is 25.9. The SMILES string of the molecule is COc1cccc(OC)c1-n1c(NS(=O)(=O)[C@@H](C)[C@H](O)c2cccc(Cl)n2)nnc1-c1cccnc1. The molecule has 0 fully saturated rings. The number of aliphatic hydroxyl groups excluding tert-OH is 1. The number of nitrogens with zero attached hydrogens (tertiary/aromatic N) is 5. The van der Waals surface area contributed by atoms with Crippen molar-refractivity contribution in [3.63, 3.8) is 0 Å². The van der Waals surface area contributed by atoms with E-state index in [4.69, 9.17) is 21.1 Å². The molecule has 0 saturated carbocycles. The maximum absolute atomic E-state index is 13.4. The first kappa shape index (κ1) is 25.4. The van der Waals surface area contributed by atoms with E-state index in [0.29, 0.717) is 22.7 Å². The predicted octanol–water partition coefficient (Wildman–Crippen LogP) is 3.26. The van der Waals surface area contributed by atoms with Gasteiger partial charge >= 0.3 is 0 Å². The zero-order valence-corrected chi connectivity index (χ0v) is 21.1. The van der Waals surface area contributed by atoms with Gasteiger partial charge in [-0.25, -0.2) is 13.4 Å². The van der Waals surface area contributed by atoms with E-state index < -0.39 is 21.4 Å². The second-order valence-electron chi connectivity index (χ2n) is 7.62. The van der Waals surface area contributed by atoms with Crippen molar-refractivity contribution in [2.75, 3.05) is 18.9 Å². The van der Waals surface area contributed by atoms with Gasteiger partial charge in [-0.05, 0) is 43.3 Å². The minimum Gasteiger partial charge on any atom is -0.494 e. The third-order valence-electron chi connectivity index (χ3n) is 5.42. The van der Waals surface area contributed by atoms with Crippen molar-refractivity contribution in [2.45, 2.75) is 18.3 Å². The molecule has 13 heteroatoms. The summed E-state index contributed by atoms with van der Waals surface area (Å²) in [5.74, 6) is 0.912. The molecule has 3 aromatic heterocycles. The van der Waals surface area contributed by atoms with Gasteiger partial charge in [0.1, 0.15) is 33.7 Å². The molecule has 0 aliphatic carbocycles. The van der Waals surface area contributed by atoms with Gasteiger partial charge in [-0.1, -0.05) is 23.7 Å². The summed E-state index contributed by atoms with van der Waals surface area (Å²) < 4.78 is 41.7. The molecule has 0 unspecified atom stereocenters. The van der Waals surface area contributed by atoms with Crippen molar-refractivity contribution in [3.8, 4) is 28.6 Å². The Bertz CT molecular complexity index is 1440. The fourth-order valence-electron chi connectivity index (χ4n) is 3.52. The van der Waals surface area contributed by atoms with Gasteiger partial charge in [0.25, 0.3) is 0 Å². The van der Waals surface area contributed by atoms with Crippen LogP contribution in [0.25, 0.3) is 17.1 Å². The Morgan fingerprint density at radius 2 is 1.72 bits per heavy atom. The molecule has 0 spiro atoms. The minimum absolute atomic E-state index is 0.115. The van der Waals surface area contributed by atoms with Crippen molar-refractivity contribution in [1.29, 1.82) is 0 Å². The topological polar surface area (TPSA) is 141 Å². The first-order valence-electron chi connectivity index (χ1n) is 10.7. The van der Waals surface area contributed by atoms with Crippen LogP contribution in [0.2, 0.25) is 5.15 Å². The number of nitrogens with one attached hydrogen (secondary N) is 1. The van der Waals surface area contributed by atoms with Gasteiger partial charge in [0.15, 0.2) is 5.82 Å². The smallest absolute Gasteiger partial charge is 0.243 e. The van der Waals surface area contributed by atoms with E-state index in [1.165, 1.54) is 37.8 Å². The molecule has 0 saturated heterocycles. The number of benzene rings is 1. The molecule has 0 aliphatic heterocycles. The summed E-state index contributed by atoms with van der Waals surface area (Å²) in [5.41, 5.74) is 1.05. The Labute approximate surface area is 212 Å². The maximum atomic E-state index is 13.4. The molecule has 0 aliphatic rings. The number of pyridine rings is 2. The fourth-order valence-corrected chi connectivity index (χ4v) is 4.74. The number of ether oxygens (including phenoxy) is 2. The molecule has 4 aromatic rings. The highest BCUT2D eigenvalue weighted by Crippen LogP contribution is 2.38. The number of anilines is 1. The summed E-state index contributed by atoms with van der Waals surface area (Å²) >= 11 is 5.91. The molecule has 36 heavy (non-hydrogen) atoms. The van der Waals surface area contributed by atoms with Crippen LogP contribution in [0, 0.1) is 0 Å². The second kappa shape index (κ2) is 10.5. The standard InChI is InChI=1S/C23H23ClN6O5S/c1-14(21(31)16-8-4-11-19(24)26-16)36(32,33)29-23-28-27-22(15-7-6-12-25-13-15)30(23)20-17(34-2)9-5-10-18(20)35-3/h4-14,21,31H,1-3H3,(H,28,29)/t14-,21-/m0/s1. The van der Waals surface area contributed by atoms with Crippen LogP contribution in [0.4, 0.5) is 5.95 Å². The molecule has 4 rings (SSSR count). The lowest BCUT2D eigenvalue weighted by Gasteiger charge is -2.21. The Balaban J connectivity index is 1.82. The molecule has 0 amide bonds. The van der Waals surface area contributed by atoms with Crippen LogP contribution < -0.4 is 14.2 Å². The Morgan fingerprint density at radius 3 is 2.33 bits per heavy atom. The molecular formula is C23H23ClN6O5S. The number of rotatable bonds is 9. The lowest BCUT2D eigenvalue weighted by atomic mass is 10.2. The van der Waals surface area contributed by atoms with Crippen LogP contribution in [0.5, 0.6) is 11.5 Å². The van der Waals surface area contributed by atoms with Crippen LogP contribution in [-0.4, -0.2) is 57.7 Å². The summed E-state index contributed by atoms with van der Waals surface area (Å²) in [6.45, 7) is 1.35. The van der Waals surface area contributed by atoms with Crippen LogP contribution in [0.15, 0.2) is 60.9 Å². The predicted molar refractivity (Wildman–Crippen MR) is 134 cm³/mol. The number of aliphatic hydroxyl groups is 1. The molecule has 188 valence electrons. The molecule has 2 N–H and O–H groups in total. The first-order valence-corrected chi connectivity index (χ1v) is 12.6. The fraction of sp³-hybridized carbons (Fsp3) is 0.217. The maximum Gasteiger partial charge on any atom is 0.243 e. The summed E-state index contributed by atoms with van der Waals surface area (Å²) in [6.07, 6.45) is 1.71. The van der Waals surface area contributed by atoms with E-state index in [1.54, 1.807) is 48.8 Å². The first-order chi connectivity index (χ1) is 17.3. The number of methoxy groups -OCH3 is 2. The van der Waals surface area contributed by atoms with E-state index in [2.05, 4.69) is 24.9 Å². The van der Waals surface area contributed by atoms with Crippen molar-refractivity contribution in [2.24, 2.45) is 0 Å². The van der Waals surface area contributed by atoms with Gasteiger partial charge in [0.05, 0.1) is 19.9 Å². The van der Waals surface area contributed by atoms with Crippen molar-refractivity contribution < 1.29 is 23.0 Å². The highest BCUT2D eigenvalue weighted by atomic mass is 35.5. The lowest BCUT2D eigenvalue weighted by molar-refractivity contribution is 0.171. The van der Waals surface area contributed by atoms with Crippen LogP contribution in [-0.2, 0) is 10.0 Å². The largest absolute Gasteiger partial charge is 0.494 e. The molecule has 0 bridgehead atoms. The Morgan fingerprint density at radius 1 is 1.03 bits per heavy atom. The number of halogens is 1. The molecular weight excluding hydrogens is 508 g/mol. The van der Waals surface area contributed by atoms with E-state index in [9.17, 15) is 13.5 Å². The minimum atomic E-state index is -4.22. The monoisotopic (exact) mass is 530 g/mol. The number of aromatic nitrogens is 5. The molecule has 3 heterocycles. The van der Waals surface area contributed by atoms with Crippen molar-refractivity contribution >= 4 is 27.6 Å². The number of hydrogen-bond acceptors (Lipinski definition) is 9. The normalized spacial score (nSPS) is 13.1. The van der Waals surface area contributed by atoms with E-state index in [0.717, 1.165) is 0 Å². The number of hydrogen-bond donors (Lipinski definition) is 2. The molecule has 0 radical (unpaired) electrons. The second-order valence-corrected chi connectivity index (χ2v) is 10.0. The summed E-state index contributed by atoms with van der Waals surface area (Å²) in [7, 11) is -1.26. The van der Waals surface area contributed by atoms with Crippen LogP contribution in [0.1, 0.15) is 18.7 Å². The Hall–Kier alpha value is -3.74. The van der Waals surface area contributed by atoms with E-state index >= 15 is 0 Å². The summed E-state index contributed by atoms with van der Waals surface area (Å²) in [5, 5.41) is 17.9. The van der Waals surface area contributed by atoms with E-state index in [1.807, 2.05) is 0 Å². The van der Waals surface area contributed by atoms with Gasteiger partial charge in [0.2, 0.25) is 16.0 Å². The zero-order valence-electron chi connectivity index (χ0n) is 19.5. The van der Waals surface area contributed by atoms with Gasteiger partial charge in [-0.2, -0.15) is 0 Å². The third-order valence-corrected chi connectivity index (χ3v) is 7.33. The third kappa shape index (κ3) is 4.96. The van der Waals surface area contributed by atoms with Crippen LogP contribution in [0.3, 0.4) is 0 Å². The van der Waals surface area contributed by atoms with Gasteiger partial charge in [-0.15, -0.1) is 10.2 Å². The van der Waals surface area contributed by atoms with Crippen molar-refractivity contribution in [3.05, 3.63) is 71.8 Å². The summed E-state index contributed by atoms with van der Waals surface area (Å²) in [6, 6.07) is 13.2. The van der Waals surface area contributed by atoms with Gasteiger partial charge < -0.3 is 14.6 Å².